The van der Waals surface area contributed by atoms with Gasteiger partial charge in [0.15, 0.2) is 5.82 Å². The molecule has 0 aromatic carbocycles. The molecule has 5 nitrogen and oxygen atoms in total. The summed E-state index contributed by atoms with van der Waals surface area (Å²) in [4.78, 5) is 17.9. The third kappa shape index (κ3) is 3.16. The summed E-state index contributed by atoms with van der Waals surface area (Å²) in [6, 6.07) is 0. The van der Waals surface area contributed by atoms with E-state index < -0.39 is 0 Å². The van der Waals surface area contributed by atoms with Crippen LogP contribution in [0.4, 0.5) is 0 Å². The smallest absolute Gasteiger partial charge is 0.229 e. The van der Waals surface area contributed by atoms with Crippen molar-refractivity contribution in [3.8, 4) is 0 Å². The Bertz CT molecular complexity index is 406. The van der Waals surface area contributed by atoms with Crippen molar-refractivity contribution >= 4 is 5.78 Å². The van der Waals surface area contributed by atoms with Gasteiger partial charge in [-0.15, -0.1) is 0 Å². The van der Waals surface area contributed by atoms with Gasteiger partial charge in [0.1, 0.15) is 5.78 Å². The highest BCUT2D eigenvalue weighted by molar-refractivity contribution is 5.78. The zero-order chi connectivity index (χ0) is 13.1. The van der Waals surface area contributed by atoms with Crippen LogP contribution in [0.3, 0.4) is 0 Å². The highest BCUT2D eigenvalue weighted by atomic mass is 16.5. The monoisotopic (exact) mass is 251 g/mol. The fourth-order valence-corrected chi connectivity index (χ4v) is 2.26. The van der Waals surface area contributed by atoms with Crippen molar-refractivity contribution in [2.75, 3.05) is 13.1 Å². The van der Waals surface area contributed by atoms with Crippen molar-refractivity contribution in [2.24, 2.45) is 5.92 Å². The fraction of sp³-hybridized carbons (Fsp3) is 0.769. The molecule has 0 amide bonds. The van der Waals surface area contributed by atoms with Crippen LogP contribution < -0.4 is 0 Å². The number of rotatable bonds is 4. The summed E-state index contributed by atoms with van der Waals surface area (Å²) in [6.45, 7) is 8.37. The summed E-state index contributed by atoms with van der Waals surface area (Å²) < 4.78 is 5.19. The highest BCUT2D eigenvalue weighted by Crippen LogP contribution is 2.19. The molecule has 1 saturated heterocycles. The first kappa shape index (κ1) is 13.2. The van der Waals surface area contributed by atoms with Crippen LogP contribution in [0.1, 0.15) is 51.2 Å². The molecular weight excluding hydrogens is 230 g/mol. The number of nitrogens with zero attached hydrogens (tertiary/aromatic N) is 3. The number of carbonyl (C=O) groups excluding carboxylic acids is 1. The summed E-state index contributed by atoms with van der Waals surface area (Å²) in [5, 5.41) is 3.99. The van der Waals surface area contributed by atoms with Gasteiger partial charge in [-0.25, -0.2) is 0 Å². The Labute approximate surface area is 108 Å². The van der Waals surface area contributed by atoms with Gasteiger partial charge in [-0.05, 0) is 32.9 Å². The Hall–Kier alpha value is -1.23. The number of carbonyl (C=O) groups is 1. The lowest BCUT2D eigenvalue weighted by Gasteiger charge is -2.29. The fourth-order valence-electron chi connectivity index (χ4n) is 2.26. The lowest BCUT2D eigenvalue weighted by molar-refractivity contribution is -0.122. The topological polar surface area (TPSA) is 59.2 Å². The summed E-state index contributed by atoms with van der Waals surface area (Å²) in [5.74, 6) is 2.28. The Balaban J connectivity index is 1.85. The number of Topliss-reactive ketones (excluding diaryl/α,β-unsaturated/α-hetero) is 1. The molecule has 0 aliphatic carbocycles. The zero-order valence-electron chi connectivity index (χ0n) is 11.3. The van der Waals surface area contributed by atoms with Crippen molar-refractivity contribution in [3.63, 3.8) is 0 Å². The molecule has 0 unspecified atom stereocenters. The van der Waals surface area contributed by atoms with E-state index in [0.717, 1.165) is 38.3 Å². The van der Waals surface area contributed by atoms with E-state index in [1.807, 2.05) is 13.8 Å². The number of hydrogen-bond acceptors (Lipinski definition) is 5. The van der Waals surface area contributed by atoms with Crippen molar-refractivity contribution in [1.82, 2.24) is 15.0 Å². The molecule has 100 valence electrons. The van der Waals surface area contributed by atoms with Crippen LogP contribution in [0.2, 0.25) is 0 Å². The number of likely N-dealkylation sites (tertiary alicyclic amines) is 1. The molecule has 0 atom stereocenters. The average Bonchev–Trinajstić information content (AvgIpc) is 2.78. The SMILES string of the molecule is CC(=O)C1CCN(Cc2noc(C(C)C)n2)CC1. The van der Waals surface area contributed by atoms with E-state index in [1.54, 1.807) is 6.92 Å². The number of piperidine rings is 1. The van der Waals surface area contributed by atoms with E-state index in [-0.39, 0.29) is 11.8 Å². The van der Waals surface area contributed by atoms with Gasteiger partial charge < -0.3 is 4.52 Å². The van der Waals surface area contributed by atoms with Gasteiger partial charge in [0.25, 0.3) is 0 Å². The maximum atomic E-state index is 11.3. The van der Waals surface area contributed by atoms with Gasteiger partial charge in [0.05, 0.1) is 6.54 Å². The summed E-state index contributed by atoms with van der Waals surface area (Å²) in [5.41, 5.74) is 0. The predicted molar refractivity (Wildman–Crippen MR) is 67.1 cm³/mol. The average molecular weight is 251 g/mol. The molecule has 0 bridgehead atoms. The molecule has 2 rings (SSSR count). The maximum absolute atomic E-state index is 11.3. The molecule has 5 heteroatoms. The lowest BCUT2D eigenvalue weighted by atomic mass is 9.93. The van der Waals surface area contributed by atoms with E-state index in [1.165, 1.54) is 0 Å². The van der Waals surface area contributed by atoms with Crippen LogP contribution in [0.15, 0.2) is 4.52 Å². The minimum absolute atomic E-state index is 0.248. The second-order valence-electron chi connectivity index (χ2n) is 5.36. The standard InChI is InChI=1S/C13H21N3O2/c1-9(2)13-14-12(15-18-13)8-16-6-4-11(5-7-16)10(3)17/h9,11H,4-8H2,1-3H3. The predicted octanol–water partition coefficient (Wildman–Crippen LogP) is 1.99. The molecular formula is C13H21N3O2. The minimum Gasteiger partial charge on any atom is -0.339 e. The molecule has 0 radical (unpaired) electrons. The van der Waals surface area contributed by atoms with Gasteiger partial charge in [0.2, 0.25) is 5.89 Å². The Morgan fingerprint density at radius 2 is 2.11 bits per heavy atom. The van der Waals surface area contributed by atoms with E-state index in [9.17, 15) is 4.79 Å². The first-order valence-electron chi connectivity index (χ1n) is 6.61. The van der Waals surface area contributed by atoms with Gasteiger partial charge in [-0.2, -0.15) is 4.98 Å². The van der Waals surface area contributed by atoms with E-state index >= 15 is 0 Å². The molecule has 0 spiro atoms. The van der Waals surface area contributed by atoms with Crippen molar-refractivity contribution < 1.29 is 9.32 Å². The molecule has 2 heterocycles. The summed E-state index contributed by atoms with van der Waals surface area (Å²) in [7, 11) is 0. The molecule has 1 fully saturated rings. The Morgan fingerprint density at radius 3 is 2.61 bits per heavy atom. The van der Waals surface area contributed by atoms with Crippen LogP contribution in [0.5, 0.6) is 0 Å². The third-order valence-corrected chi connectivity index (χ3v) is 3.51. The van der Waals surface area contributed by atoms with Crippen molar-refractivity contribution in [2.45, 2.75) is 46.1 Å². The normalized spacial score (nSPS) is 18.4. The van der Waals surface area contributed by atoms with Crippen LogP contribution in [-0.2, 0) is 11.3 Å². The number of aromatic nitrogens is 2. The summed E-state index contributed by atoms with van der Waals surface area (Å²) in [6.07, 6.45) is 1.90. The largest absolute Gasteiger partial charge is 0.339 e. The first-order chi connectivity index (χ1) is 8.56. The summed E-state index contributed by atoms with van der Waals surface area (Å²) >= 11 is 0. The number of ketones is 1. The first-order valence-corrected chi connectivity index (χ1v) is 6.61. The second-order valence-corrected chi connectivity index (χ2v) is 5.36. The van der Waals surface area contributed by atoms with E-state index in [4.69, 9.17) is 4.52 Å². The van der Waals surface area contributed by atoms with Gasteiger partial charge in [-0.3, -0.25) is 9.69 Å². The third-order valence-electron chi connectivity index (χ3n) is 3.51. The zero-order valence-corrected chi connectivity index (χ0v) is 11.3. The van der Waals surface area contributed by atoms with Crippen LogP contribution in [0.25, 0.3) is 0 Å². The van der Waals surface area contributed by atoms with Gasteiger partial charge >= 0.3 is 0 Å². The minimum atomic E-state index is 0.248. The number of hydrogen-bond donors (Lipinski definition) is 0. The van der Waals surface area contributed by atoms with Crippen molar-refractivity contribution in [1.29, 1.82) is 0 Å². The highest BCUT2D eigenvalue weighted by Gasteiger charge is 2.23. The van der Waals surface area contributed by atoms with Crippen LogP contribution in [0, 0.1) is 5.92 Å². The lowest BCUT2D eigenvalue weighted by Crippen LogP contribution is -2.35. The molecule has 0 saturated carbocycles. The molecule has 0 N–H and O–H groups in total. The van der Waals surface area contributed by atoms with E-state index in [0.29, 0.717) is 11.7 Å². The van der Waals surface area contributed by atoms with Gasteiger partial charge in [-0.1, -0.05) is 19.0 Å². The van der Waals surface area contributed by atoms with E-state index in [2.05, 4.69) is 15.0 Å². The van der Waals surface area contributed by atoms with Crippen LogP contribution in [-0.4, -0.2) is 33.9 Å². The second kappa shape index (κ2) is 5.61. The van der Waals surface area contributed by atoms with Crippen molar-refractivity contribution in [3.05, 3.63) is 11.7 Å². The molecule has 1 aromatic heterocycles. The quantitative estimate of drug-likeness (QED) is 0.819. The molecule has 18 heavy (non-hydrogen) atoms. The molecule has 1 aliphatic rings. The maximum Gasteiger partial charge on any atom is 0.229 e. The Kier molecular flexibility index (Phi) is 4.11. The van der Waals surface area contributed by atoms with Crippen LogP contribution >= 0.6 is 0 Å². The van der Waals surface area contributed by atoms with Gasteiger partial charge in [0, 0.05) is 11.8 Å². The molecule has 1 aromatic rings. The molecule has 1 aliphatic heterocycles. The Morgan fingerprint density at radius 1 is 1.44 bits per heavy atom.